The van der Waals surface area contributed by atoms with E-state index in [4.69, 9.17) is 10.7 Å². The van der Waals surface area contributed by atoms with Crippen LogP contribution in [0, 0.1) is 12.8 Å². The van der Waals surface area contributed by atoms with Gasteiger partial charge in [0.1, 0.15) is 16.4 Å². The highest BCUT2D eigenvalue weighted by molar-refractivity contribution is 7.10. The van der Waals surface area contributed by atoms with E-state index in [0.717, 1.165) is 40.8 Å². The summed E-state index contributed by atoms with van der Waals surface area (Å²) in [5, 5.41) is 3.10. The lowest BCUT2D eigenvalue weighted by Gasteiger charge is -2.34. The molecule has 0 spiro atoms. The fourth-order valence-electron chi connectivity index (χ4n) is 2.76. The molecule has 3 rings (SSSR count). The Labute approximate surface area is 123 Å². The predicted molar refractivity (Wildman–Crippen MR) is 81.4 cm³/mol. The van der Waals surface area contributed by atoms with Gasteiger partial charge in [0.2, 0.25) is 0 Å². The molecule has 0 aromatic carbocycles. The first-order valence-electron chi connectivity index (χ1n) is 7.11. The molecule has 0 aliphatic heterocycles. The normalized spacial score (nSPS) is 26.6. The summed E-state index contributed by atoms with van der Waals surface area (Å²) in [6.07, 6.45) is 7.85. The fourth-order valence-corrected chi connectivity index (χ4v) is 3.74. The molecule has 2 aromatic rings. The Morgan fingerprint density at radius 3 is 2.65 bits per heavy atom. The van der Waals surface area contributed by atoms with E-state index in [1.165, 1.54) is 12.8 Å². The Kier molecular flexibility index (Phi) is 3.56. The van der Waals surface area contributed by atoms with Crippen LogP contribution < -0.4 is 5.73 Å². The molecule has 5 heteroatoms. The molecular formula is C15H20N4S. The van der Waals surface area contributed by atoms with Crippen LogP contribution in [0.2, 0.25) is 0 Å². The van der Waals surface area contributed by atoms with Gasteiger partial charge in [-0.25, -0.2) is 4.98 Å². The van der Waals surface area contributed by atoms with Crippen molar-refractivity contribution in [3.05, 3.63) is 28.5 Å². The number of thiazole rings is 1. The Morgan fingerprint density at radius 1 is 1.25 bits per heavy atom. The van der Waals surface area contributed by atoms with Crippen molar-refractivity contribution in [1.82, 2.24) is 15.0 Å². The first-order valence-corrected chi connectivity index (χ1v) is 7.99. The van der Waals surface area contributed by atoms with Crippen molar-refractivity contribution in [2.24, 2.45) is 11.7 Å². The molecule has 0 bridgehead atoms. The van der Waals surface area contributed by atoms with Crippen LogP contribution >= 0.6 is 11.3 Å². The molecule has 0 atom stereocenters. The summed E-state index contributed by atoms with van der Waals surface area (Å²) >= 11 is 1.66. The lowest BCUT2D eigenvalue weighted by Crippen LogP contribution is -2.40. The van der Waals surface area contributed by atoms with Crippen molar-refractivity contribution >= 4 is 11.3 Å². The molecule has 1 aliphatic rings. The summed E-state index contributed by atoms with van der Waals surface area (Å²) in [6.45, 7) is 4.26. The molecule has 0 amide bonds. The van der Waals surface area contributed by atoms with E-state index in [0.29, 0.717) is 0 Å². The van der Waals surface area contributed by atoms with E-state index in [2.05, 4.69) is 22.3 Å². The maximum Gasteiger partial charge on any atom is 0.113 e. The highest BCUT2D eigenvalue weighted by Gasteiger charge is 2.34. The van der Waals surface area contributed by atoms with Gasteiger partial charge in [-0.3, -0.25) is 9.97 Å². The summed E-state index contributed by atoms with van der Waals surface area (Å²) in [7, 11) is 0. The van der Waals surface area contributed by atoms with Gasteiger partial charge in [-0.05, 0) is 38.5 Å². The van der Waals surface area contributed by atoms with E-state index >= 15 is 0 Å². The zero-order valence-corrected chi connectivity index (χ0v) is 12.8. The summed E-state index contributed by atoms with van der Waals surface area (Å²) in [5.41, 5.74) is 9.01. The first kappa shape index (κ1) is 13.6. The molecule has 0 saturated heterocycles. The number of aromatic nitrogens is 3. The van der Waals surface area contributed by atoms with Crippen molar-refractivity contribution in [1.29, 1.82) is 0 Å². The Bertz CT molecular complexity index is 599. The number of nitrogens with zero attached hydrogens (tertiary/aromatic N) is 3. The third-order valence-electron chi connectivity index (χ3n) is 4.22. The lowest BCUT2D eigenvalue weighted by molar-refractivity contribution is 0.247. The molecule has 2 aromatic heterocycles. The Hall–Kier alpha value is -1.33. The van der Waals surface area contributed by atoms with Crippen LogP contribution in [0.4, 0.5) is 0 Å². The predicted octanol–water partition coefficient (Wildman–Crippen LogP) is 3.27. The Morgan fingerprint density at radius 2 is 1.95 bits per heavy atom. The van der Waals surface area contributed by atoms with Crippen LogP contribution in [-0.2, 0) is 5.54 Å². The van der Waals surface area contributed by atoms with Gasteiger partial charge in [0.15, 0.2) is 0 Å². The van der Waals surface area contributed by atoms with Crippen LogP contribution in [0.25, 0.3) is 11.4 Å². The van der Waals surface area contributed by atoms with Gasteiger partial charge in [-0.2, -0.15) is 0 Å². The molecule has 0 unspecified atom stereocenters. The molecule has 2 heterocycles. The first-order chi connectivity index (χ1) is 9.58. The zero-order chi connectivity index (χ0) is 14.2. The van der Waals surface area contributed by atoms with Gasteiger partial charge in [0, 0.05) is 17.8 Å². The van der Waals surface area contributed by atoms with E-state index in [1.54, 1.807) is 23.7 Å². The van der Waals surface area contributed by atoms with Gasteiger partial charge in [-0.15, -0.1) is 11.3 Å². The lowest BCUT2D eigenvalue weighted by atomic mass is 9.78. The van der Waals surface area contributed by atoms with Gasteiger partial charge >= 0.3 is 0 Å². The standard InChI is InChI=1S/C15H20N4S/c1-10-3-5-15(16,6-4-10)14-19-12(9-20-14)13-11(2)17-7-8-18-13/h7-10H,3-6,16H2,1-2H3. The third kappa shape index (κ3) is 2.47. The minimum atomic E-state index is -0.245. The second-order valence-corrected chi connectivity index (χ2v) is 6.73. The molecule has 106 valence electrons. The Balaban J connectivity index is 1.89. The molecule has 1 aliphatic carbocycles. The van der Waals surface area contributed by atoms with Gasteiger partial charge in [0.05, 0.1) is 11.2 Å². The van der Waals surface area contributed by atoms with Crippen LogP contribution in [0.1, 0.15) is 43.3 Å². The summed E-state index contributed by atoms with van der Waals surface area (Å²) < 4.78 is 0. The van der Waals surface area contributed by atoms with Crippen LogP contribution in [0.15, 0.2) is 17.8 Å². The maximum atomic E-state index is 6.58. The van der Waals surface area contributed by atoms with E-state index in [-0.39, 0.29) is 5.54 Å². The third-order valence-corrected chi connectivity index (χ3v) is 5.28. The van der Waals surface area contributed by atoms with E-state index in [9.17, 15) is 0 Å². The summed E-state index contributed by atoms with van der Waals surface area (Å²) in [6, 6.07) is 0. The number of nitrogens with two attached hydrogens (primary N) is 1. The van der Waals surface area contributed by atoms with E-state index in [1.807, 2.05) is 6.92 Å². The second-order valence-electron chi connectivity index (χ2n) is 5.87. The average Bonchev–Trinajstić information content (AvgIpc) is 2.93. The average molecular weight is 288 g/mol. The second kappa shape index (κ2) is 5.22. The van der Waals surface area contributed by atoms with Crippen LogP contribution in [0.3, 0.4) is 0 Å². The fraction of sp³-hybridized carbons (Fsp3) is 0.533. The highest BCUT2D eigenvalue weighted by Crippen LogP contribution is 2.39. The summed E-state index contributed by atoms with van der Waals surface area (Å²) in [5.74, 6) is 0.786. The molecule has 1 fully saturated rings. The number of hydrogen-bond acceptors (Lipinski definition) is 5. The van der Waals surface area contributed by atoms with Crippen molar-refractivity contribution in [2.75, 3.05) is 0 Å². The minimum Gasteiger partial charge on any atom is -0.319 e. The molecule has 0 radical (unpaired) electrons. The largest absolute Gasteiger partial charge is 0.319 e. The van der Waals surface area contributed by atoms with Crippen LogP contribution in [0.5, 0.6) is 0 Å². The van der Waals surface area contributed by atoms with Gasteiger partial charge in [0.25, 0.3) is 0 Å². The molecule has 2 N–H and O–H groups in total. The SMILES string of the molecule is Cc1nccnc1-c1csc(C2(N)CCC(C)CC2)n1. The van der Waals surface area contributed by atoms with E-state index < -0.39 is 0 Å². The topological polar surface area (TPSA) is 64.7 Å². The molecule has 4 nitrogen and oxygen atoms in total. The highest BCUT2D eigenvalue weighted by atomic mass is 32.1. The number of hydrogen-bond donors (Lipinski definition) is 1. The van der Waals surface area contributed by atoms with Crippen molar-refractivity contribution in [2.45, 2.75) is 45.1 Å². The van der Waals surface area contributed by atoms with Crippen LogP contribution in [-0.4, -0.2) is 15.0 Å². The maximum absolute atomic E-state index is 6.58. The minimum absolute atomic E-state index is 0.245. The monoisotopic (exact) mass is 288 g/mol. The van der Waals surface area contributed by atoms with Gasteiger partial charge < -0.3 is 5.73 Å². The van der Waals surface area contributed by atoms with Crippen molar-refractivity contribution < 1.29 is 0 Å². The quantitative estimate of drug-likeness (QED) is 0.921. The molecule has 1 saturated carbocycles. The van der Waals surface area contributed by atoms with Crippen molar-refractivity contribution in [3.8, 4) is 11.4 Å². The van der Waals surface area contributed by atoms with Gasteiger partial charge in [-0.1, -0.05) is 6.92 Å². The number of rotatable bonds is 2. The molecule has 20 heavy (non-hydrogen) atoms. The number of aryl methyl sites for hydroxylation is 1. The molecular weight excluding hydrogens is 268 g/mol. The van der Waals surface area contributed by atoms with Crippen molar-refractivity contribution in [3.63, 3.8) is 0 Å². The zero-order valence-electron chi connectivity index (χ0n) is 12.0. The summed E-state index contributed by atoms with van der Waals surface area (Å²) in [4.78, 5) is 13.4. The smallest absolute Gasteiger partial charge is 0.113 e.